The van der Waals surface area contributed by atoms with Crippen LogP contribution in [0.15, 0.2) is 24.0 Å². The number of nitrogens with one attached hydrogen (secondary N) is 2. The highest BCUT2D eigenvalue weighted by atomic mass is 16.7. The number of nitrogens with zero attached hydrogens (tertiary/aromatic N) is 1. The maximum Gasteiger partial charge on any atom is 0.140 e. The molecule has 1 aromatic rings. The van der Waals surface area contributed by atoms with Crippen molar-refractivity contribution in [2.45, 2.75) is 6.10 Å². The van der Waals surface area contributed by atoms with E-state index in [1.54, 1.807) is 6.20 Å². The van der Waals surface area contributed by atoms with Crippen molar-refractivity contribution in [3.05, 3.63) is 35.3 Å². The predicted octanol–water partition coefficient (Wildman–Crippen LogP) is 0.896. The van der Waals surface area contributed by atoms with Crippen LogP contribution in [0.4, 0.5) is 0 Å². The number of fused-ring (bicyclic) bond motifs is 3. The molecular weight excluding hydrogens is 154 g/mol. The second-order valence-electron chi connectivity index (χ2n) is 2.83. The van der Waals surface area contributed by atoms with Gasteiger partial charge in [-0.1, -0.05) is 6.08 Å². The highest BCUT2D eigenvalue weighted by molar-refractivity contribution is 5.60. The number of aromatic nitrogens is 2. The molecule has 3 rings (SSSR count). The number of H-pyrrole nitrogens is 1. The topological polar surface area (TPSA) is 49.9 Å². The average molecular weight is 161 g/mol. The van der Waals surface area contributed by atoms with Crippen LogP contribution in [-0.4, -0.2) is 10.2 Å². The molecule has 2 aliphatic rings. The average Bonchev–Trinajstić information content (AvgIpc) is 2.71. The van der Waals surface area contributed by atoms with Gasteiger partial charge in [0.25, 0.3) is 0 Å². The van der Waals surface area contributed by atoms with Gasteiger partial charge in [-0.25, -0.2) is 0 Å². The number of aromatic amines is 1. The molecule has 0 fully saturated rings. The summed E-state index contributed by atoms with van der Waals surface area (Å²) in [5, 5.41) is 6.85. The zero-order chi connectivity index (χ0) is 7.97. The Morgan fingerprint density at radius 1 is 1.42 bits per heavy atom. The van der Waals surface area contributed by atoms with Gasteiger partial charge in [0, 0.05) is 17.3 Å². The number of hydroxylamine groups is 1. The first-order chi connectivity index (χ1) is 5.95. The molecule has 0 saturated carbocycles. The molecular formula is C8H7N3O. The Bertz CT molecular complexity index is 377. The molecule has 1 atom stereocenters. The lowest BCUT2D eigenvalue weighted by atomic mass is 9.98. The number of rotatable bonds is 0. The summed E-state index contributed by atoms with van der Waals surface area (Å²) in [6, 6.07) is 0. The largest absolute Gasteiger partial charge is 0.278 e. The summed E-state index contributed by atoms with van der Waals surface area (Å²) in [5.41, 5.74) is 6.00. The standard InChI is InChI=1S/C8H7N3O/c1-2-7-6(4-9-11-7)8-5(1)3-10-12-8/h1-4,8,10H,(H,9,11). The first kappa shape index (κ1) is 6.02. The Morgan fingerprint density at radius 3 is 3.42 bits per heavy atom. The van der Waals surface area contributed by atoms with E-state index >= 15 is 0 Å². The van der Waals surface area contributed by atoms with Gasteiger partial charge >= 0.3 is 0 Å². The van der Waals surface area contributed by atoms with Gasteiger partial charge in [0.05, 0.1) is 11.9 Å². The van der Waals surface area contributed by atoms with E-state index < -0.39 is 0 Å². The second kappa shape index (κ2) is 1.98. The molecule has 1 aliphatic heterocycles. The Balaban J connectivity index is 2.20. The molecule has 2 heterocycles. The molecule has 0 amide bonds. The van der Waals surface area contributed by atoms with Crippen LogP contribution in [0.2, 0.25) is 0 Å². The Labute approximate surface area is 68.9 Å². The van der Waals surface area contributed by atoms with E-state index in [1.165, 1.54) is 0 Å². The van der Waals surface area contributed by atoms with E-state index in [0.29, 0.717) is 0 Å². The summed E-state index contributed by atoms with van der Waals surface area (Å²) in [7, 11) is 0. The SMILES string of the molecule is C1=Cc2[nH]ncc2C2ONC=C12. The van der Waals surface area contributed by atoms with Crippen molar-refractivity contribution in [2.24, 2.45) is 0 Å². The van der Waals surface area contributed by atoms with E-state index in [-0.39, 0.29) is 6.10 Å². The van der Waals surface area contributed by atoms with Crippen molar-refractivity contribution in [3.63, 3.8) is 0 Å². The molecule has 0 spiro atoms. The predicted molar refractivity (Wildman–Crippen MR) is 42.7 cm³/mol. The molecule has 4 nitrogen and oxygen atoms in total. The number of hydrogen-bond acceptors (Lipinski definition) is 3. The minimum atomic E-state index is 0.0174. The first-order valence-electron chi connectivity index (χ1n) is 3.78. The van der Waals surface area contributed by atoms with Gasteiger partial charge < -0.3 is 0 Å². The zero-order valence-electron chi connectivity index (χ0n) is 6.24. The van der Waals surface area contributed by atoms with E-state index in [4.69, 9.17) is 4.84 Å². The third-order valence-corrected chi connectivity index (χ3v) is 2.14. The van der Waals surface area contributed by atoms with Gasteiger partial charge in [0.2, 0.25) is 0 Å². The van der Waals surface area contributed by atoms with Crippen molar-refractivity contribution in [1.29, 1.82) is 0 Å². The summed E-state index contributed by atoms with van der Waals surface area (Å²) in [6.45, 7) is 0. The molecule has 0 radical (unpaired) electrons. The Morgan fingerprint density at radius 2 is 2.42 bits per heavy atom. The van der Waals surface area contributed by atoms with Crippen LogP contribution in [0.25, 0.3) is 6.08 Å². The van der Waals surface area contributed by atoms with Crippen LogP contribution in [0, 0.1) is 0 Å². The van der Waals surface area contributed by atoms with Crippen LogP contribution >= 0.6 is 0 Å². The van der Waals surface area contributed by atoms with E-state index in [2.05, 4.69) is 15.7 Å². The maximum absolute atomic E-state index is 5.29. The second-order valence-corrected chi connectivity index (χ2v) is 2.83. The van der Waals surface area contributed by atoms with Crippen molar-refractivity contribution in [2.75, 3.05) is 0 Å². The van der Waals surface area contributed by atoms with Gasteiger partial charge in [-0.2, -0.15) is 5.10 Å². The van der Waals surface area contributed by atoms with Gasteiger partial charge in [-0.05, 0) is 6.08 Å². The van der Waals surface area contributed by atoms with E-state index in [9.17, 15) is 0 Å². The lowest BCUT2D eigenvalue weighted by Gasteiger charge is -2.13. The molecule has 0 bridgehead atoms. The molecule has 2 N–H and O–H groups in total. The summed E-state index contributed by atoms with van der Waals surface area (Å²) in [6.07, 6.45) is 7.69. The first-order valence-corrected chi connectivity index (χ1v) is 3.78. The van der Waals surface area contributed by atoms with E-state index in [0.717, 1.165) is 16.8 Å². The minimum Gasteiger partial charge on any atom is -0.278 e. The third-order valence-electron chi connectivity index (χ3n) is 2.14. The molecule has 1 unspecified atom stereocenters. The van der Waals surface area contributed by atoms with Crippen molar-refractivity contribution >= 4 is 6.08 Å². The molecule has 0 saturated heterocycles. The third kappa shape index (κ3) is 0.622. The molecule has 1 aromatic heterocycles. The highest BCUT2D eigenvalue weighted by Gasteiger charge is 2.26. The molecule has 4 heteroatoms. The summed E-state index contributed by atoms with van der Waals surface area (Å²) in [5.74, 6) is 0. The molecule has 12 heavy (non-hydrogen) atoms. The maximum atomic E-state index is 5.29. The number of hydrogen-bond donors (Lipinski definition) is 2. The van der Waals surface area contributed by atoms with Gasteiger partial charge in [-0.3, -0.25) is 15.4 Å². The van der Waals surface area contributed by atoms with Crippen LogP contribution in [-0.2, 0) is 4.84 Å². The minimum absolute atomic E-state index is 0.0174. The molecule has 60 valence electrons. The summed E-state index contributed by atoms with van der Waals surface area (Å²) in [4.78, 5) is 5.29. The Hall–Kier alpha value is -1.55. The van der Waals surface area contributed by atoms with Crippen molar-refractivity contribution < 1.29 is 4.84 Å². The summed E-state index contributed by atoms with van der Waals surface area (Å²) >= 11 is 0. The quantitative estimate of drug-likeness (QED) is 0.594. The molecule has 0 aromatic carbocycles. The highest BCUT2D eigenvalue weighted by Crippen LogP contribution is 2.34. The fraction of sp³-hybridized carbons (Fsp3) is 0.125. The monoisotopic (exact) mass is 161 g/mol. The normalized spacial score (nSPS) is 24.3. The lowest BCUT2D eigenvalue weighted by molar-refractivity contribution is 0.0435. The lowest BCUT2D eigenvalue weighted by Crippen LogP contribution is -2.07. The zero-order valence-corrected chi connectivity index (χ0v) is 6.24. The Kier molecular flexibility index (Phi) is 0.995. The van der Waals surface area contributed by atoms with E-state index in [1.807, 2.05) is 18.4 Å². The van der Waals surface area contributed by atoms with Crippen LogP contribution in [0.5, 0.6) is 0 Å². The smallest absolute Gasteiger partial charge is 0.140 e. The van der Waals surface area contributed by atoms with Crippen molar-refractivity contribution in [1.82, 2.24) is 15.7 Å². The fourth-order valence-electron chi connectivity index (χ4n) is 1.52. The van der Waals surface area contributed by atoms with Gasteiger partial charge in [-0.15, -0.1) is 0 Å². The summed E-state index contributed by atoms with van der Waals surface area (Å²) < 4.78 is 0. The van der Waals surface area contributed by atoms with Gasteiger partial charge in [0.1, 0.15) is 6.10 Å². The van der Waals surface area contributed by atoms with Crippen LogP contribution < -0.4 is 5.48 Å². The van der Waals surface area contributed by atoms with Crippen LogP contribution in [0.1, 0.15) is 17.4 Å². The van der Waals surface area contributed by atoms with Crippen LogP contribution in [0.3, 0.4) is 0 Å². The molecule has 1 aliphatic carbocycles. The fourth-order valence-corrected chi connectivity index (χ4v) is 1.52. The van der Waals surface area contributed by atoms with Gasteiger partial charge in [0.15, 0.2) is 0 Å². The van der Waals surface area contributed by atoms with Crippen molar-refractivity contribution in [3.8, 4) is 0 Å².